The molecule has 0 fully saturated rings. The second-order valence-corrected chi connectivity index (χ2v) is 3.54. The lowest BCUT2D eigenvalue weighted by atomic mass is 10.0. The molecule has 0 aliphatic carbocycles. The predicted octanol–water partition coefficient (Wildman–Crippen LogP) is 3.34. The van der Waals surface area contributed by atoms with Gasteiger partial charge in [-0.3, -0.25) is 0 Å². The molecule has 0 saturated heterocycles. The summed E-state index contributed by atoms with van der Waals surface area (Å²) < 4.78 is 0. The van der Waals surface area contributed by atoms with Crippen LogP contribution in [0.2, 0.25) is 0 Å². The van der Waals surface area contributed by atoms with Crippen molar-refractivity contribution in [3.8, 4) is 0 Å². The van der Waals surface area contributed by atoms with Crippen LogP contribution in [0.25, 0.3) is 0 Å². The van der Waals surface area contributed by atoms with E-state index in [1.807, 2.05) is 0 Å². The minimum absolute atomic E-state index is 0.787. The summed E-state index contributed by atoms with van der Waals surface area (Å²) in [7, 11) is 0. The molecule has 0 aliphatic rings. The van der Waals surface area contributed by atoms with Gasteiger partial charge in [0.25, 0.3) is 0 Å². The van der Waals surface area contributed by atoms with Crippen molar-refractivity contribution in [1.29, 1.82) is 0 Å². The van der Waals surface area contributed by atoms with Crippen molar-refractivity contribution in [1.82, 2.24) is 5.32 Å². The fourth-order valence-corrected chi connectivity index (χ4v) is 1.54. The highest BCUT2D eigenvalue weighted by atomic mass is 14.9. The lowest BCUT2D eigenvalue weighted by Crippen LogP contribution is -2.28. The number of rotatable bonds is 8. The van der Waals surface area contributed by atoms with E-state index in [1.165, 1.54) is 38.5 Å². The van der Waals surface area contributed by atoms with Crippen LogP contribution in [0.15, 0.2) is 0 Å². The Morgan fingerprint density at radius 2 is 1.42 bits per heavy atom. The van der Waals surface area contributed by atoms with Crippen molar-refractivity contribution in [2.24, 2.45) is 0 Å². The van der Waals surface area contributed by atoms with Gasteiger partial charge in [-0.25, -0.2) is 0 Å². The van der Waals surface area contributed by atoms with E-state index in [0.717, 1.165) is 12.6 Å². The molecule has 12 heavy (non-hydrogen) atoms. The molecule has 0 aromatic heterocycles. The number of unbranched alkanes of at least 4 members (excludes halogenated alkanes) is 2. The molecule has 0 unspecified atom stereocenters. The normalized spacial score (nSPS) is 11.0. The van der Waals surface area contributed by atoms with E-state index in [4.69, 9.17) is 0 Å². The van der Waals surface area contributed by atoms with E-state index < -0.39 is 0 Å². The third-order valence-corrected chi connectivity index (χ3v) is 2.31. The molecular formula is C11H25N. The van der Waals surface area contributed by atoms with Gasteiger partial charge in [-0.15, -0.1) is 0 Å². The van der Waals surface area contributed by atoms with Gasteiger partial charge in [0.2, 0.25) is 0 Å². The zero-order valence-electron chi connectivity index (χ0n) is 9.03. The van der Waals surface area contributed by atoms with Crippen molar-refractivity contribution < 1.29 is 0 Å². The summed E-state index contributed by atoms with van der Waals surface area (Å²) in [5, 5.41) is 3.55. The molecule has 0 heterocycles. The summed E-state index contributed by atoms with van der Waals surface area (Å²) in [6, 6.07) is 0.787. The second kappa shape index (κ2) is 9.05. The first kappa shape index (κ1) is 12.0. The molecule has 0 saturated carbocycles. The van der Waals surface area contributed by atoms with Crippen LogP contribution in [-0.4, -0.2) is 12.6 Å². The highest BCUT2D eigenvalue weighted by Gasteiger charge is 2.04. The summed E-state index contributed by atoms with van der Waals surface area (Å²) in [6.45, 7) is 7.86. The Hall–Kier alpha value is -0.0400. The van der Waals surface area contributed by atoms with Crippen LogP contribution in [0.3, 0.4) is 0 Å². The van der Waals surface area contributed by atoms with Gasteiger partial charge in [-0.2, -0.15) is 0 Å². The first-order valence-corrected chi connectivity index (χ1v) is 5.58. The summed E-state index contributed by atoms with van der Waals surface area (Å²) >= 11 is 0. The van der Waals surface area contributed by atoms with Crippen LogP contribution in [0.4, 0.5) is 0 Å². The van der Waals surface area contributed by atoms with Crippen LogP contribution in [0.5, 0.6) is 0 Å². The van der Waals surface area contributed by atoms with E-state index in [-0.39, 0.29) is 0 Å². The van der Waals surface area contributed by atoms with Gasteiger partial charge < -0.3 is 5.32 Å². The third-order valence-electron chi connectivity index (χ3n) is 2.31. The fourth-order valence-electron chi connectivity index (χ4n) is 1.54. The monoisotopic (exact) mass is 171 g/mol. The van der Waals surface area contributed by atoms with Gasteiger partial charge in [-0.1, -0.05) is 46.5 Å². The van der Waals surface area contributed by atoms with Gasteiger partial charge in [0, 0.05) is 6.04 Å². The van der Waals surface area contributed by atoms with Crippen molar-refractivity contribution in [2.45, 2.75) is 65.3 Å². The zero-order valence-corrected chi connectivity index (χ0v) is 9.03. The van der Waals surface area contributed by atoms with E-state index in [0.29, 0.717) is 0 Å². The fraction of sp³-hybridized carbons (Fsp3) is 1.00. The van der Waals surface area contributed by atoms with Crippen molar-refractivity contribution in [3.05, 3.63) is 0 Å². The third kappa shape index (κ3) is 6.66. The predicted molar refractivity (Wildman–Crippen MR) is 56.5 cm³/mol. The first-order valence-electron chi connectivity index (χ1n) is 5.58. The Bertz CT molecular complexity index is 73.1. The molecule has 0 spiro atoms. The van der Waals surface area contributed by atoms with E-state index >= 15 is 0 Å². The quantitative estimate of drug-likeness (QED) is 0.590. The van der Waals surface area contributed by atoms with Crippen molar-refractivity contribution >= 4 is 0 Å². The molecule has 1 heteroatoms. The smallest absolute Gasteiger partial charge is 0.00669 e. The molecule has 0 aliphatic heterocycles. The maximum atomic E-state index is 3.55. The molecule has 0 aromatic rings. The molecule has 1 nitrogen and oxygen atoms in total. The molecule has 74 valence electrons. The zero-order chi connectivity index (χ0) is 9.23. The molecule has 0 bridgehead atoms. The summed E-state index contributed by atoms with van der Waals surface area (Å²) in [6.07, 6.45) is 8.14. The summed E-state index contributed by atoms with van der Waals surface area (Å²) in [5.74, 6) is 0. The van der Waals surface area contributed by atoms with Crippen molar-refractivity contribution in [2.75, 3.05) is 6.54 Å². The van der Waals surface area contributed by atoms with E-state index in [9.17, 15) is 0 Å². The molecule has 0 aromatic carbocycles. The van der Waals surface area contributed by atoms with Gasteiger partial charge in [-0.05, 0) is 19.4 Å². The van der Waals surface area contributed by atoms with Crippen LogP contribution in [0, 0.1) is 0 Å². The Balaban J connectivity index is 3.40. The Labute approximate surface area is 77.9 Å². The van der Waals surface area contributed by atoms with Gasteiger partial charge in [0.05, 0.1) is 0 Å². The summed E-state index contributed by atoms with van der Waals surface area (Å²) in [4.78, 5) is 0. The topological polar surface area (TPSA) is 12.0 Å². The average molecular weight is 171 g/mol. The Kier molecular flexibility index (Phi) is 9.02. The molecule has 1 N–H and O–H groups in total. The van der Waals surface area contributed by atoms with Crippen LogP contribution in [-0.2, 0) is 0 Å². The Morgan fingerprint density at radius 3 is 1.75 bits per heavy atom. The van der Waals surface area contributed by atoms with Crippen molar-refractivity contribution in [3.63, 3.8) is 0 Å². The highest BCUT2D eigenvalue weighted by Crippen LogP contribution is 2.07. The maximum absolute atomic E-state index is 3.55. The number of hydrogen-bond acceptors (Lipinski definition) is 1. The second-order valence-electron chi connectivity index (χ2n) is 3.54. The molecule has 0 rings (SSSR count). The van der Waals surface area contributed by atoms with E-state index in [1.54, 1.807) is 0 Å². The van der Waals surface area contributed by atoms with E-state index in [2.05, 4.69) is 26.1 Å². The SMILES string of the molecule is CCCCC(CCCC)NCC. The standard InChI is InChI=1S/C11H25N/c1-4-7-9-11(12-6-3)10-8-5-2/h11-12H,4-10H2,1-3H3. The molecule has 0 radical (unpaired) electrons. The molecule has 0 atom stereocenters. The van der Waals surface area contributed by atoms with Gasteiger partial charge in [0.15, 0.2) is 0 Å². The lowest BCUT2D eigenvalue weighted by Gasteiger charge is -2.16. The maximum Gasteiger partial charge on any atom is 0.00669 e. The number of nitrogens with one attached hydrogen (secondary N) is 1. The van der Waals surface area contributed by atoms with Crippen LogP contribution >= 0.6 is 0 Å². The average Bonchev–Trinajstić information content (AvgIpc) is 2.10. The largest absolute Gasteiger partial charge is 0.314 e. The molecular weight excluding hydrogens is 146 g/mol. The van der Waals surface area contributed by atoms with Gasteiger partial charge >= 0.3 is 0 Å². The highest BCUT2D eigenvalue weighted by molar-refractivity contribution is 4.65. The summed E-state index contributed by atoms with van der Waals surface area (Å²) in [5.41, 5.74) is 0. The lowest BCUT2D eigenvalue weighted by molar-refractivity contribution is 0.436. The number of hydrogen-bond donors (Lipinski definition) is 1. The Morgan fingerprint density at radius 1 is 0.917 bits per heavy atom. The van der Waals surface area contributed by atoms with Crippen LogP contribution in [0.1, 0.15) is 59.3 Å². The molecule has 0 amide bonds. The first-order chi connectivity index (χ1) is 5.85. The van der Waals surface area contributed by atoms with Crippen LogP contribution < -0.4 is 5.32 Å². The minimum Gasteiger partial charge on any atom is -0.314 e. The minimum atomic E-state index is 0.787. The van der Waals surface area contributed by atoms with Gasteiger partial charge in [0.1, 0.15) is 0 Å².